The smallest absolute Gasteiger partial charge is 0.303 e. The van der Waals surface area contributed by atoms with E-state index in [1.807, 2.05) is 6.92 Å². The lowest BCUT2D eigenvalue weighted by molar-refractivity contribution is -0.307. The highest BCUT2D eigenvalue weighted by molar-refractivity contribution is 9.10. The van der Waals surface area contributed by atoms with Gasteiger partial charge in [0.25, 0.3) is 0 Å². The molecule has 4 saturated carbocycles. The van der Waals surface area contributed by atoms with Crippen LogP contribution in [0, 0.1) is 28.6 Å². The van der Waals surface area contributed by atoms with Gasteiger partial charge in [0.15, 0.2) is 5.60 Å². The third-order valence-corrected chi connectivity index (χ3v) is 12.8. The van der Waals surface area contributed by atoms with Gasteiger partial charge in [0, 0.05) is 25.7 Å². The fourth-order valence-electron chi connectivity index (χ4n) is 9.53. The number of esters is 2. The van der Waals surface area contributed by atoms with E-state index in [9.17, 15) is 14.7 Å². The molecular weight excluding hydrogens is 516 g/mol. The van der Waals surface area contributed by atoms with Crippen LogP contribution >= 0.6 is 15.9 Å². The minimum absolute atomic E-state index is 0.121. The van der Waals surface area contributed by atoms with E-state index < -0.39 is 21.8 Å². The lowest BCUT2D eigenvalue weighted by Crippen LogP contribution is -2.69. The minimum atomic E-state index is -0.965. The van der Waals surface area contributed by atoms with Crippen LogP contribution in [-0.2, 0) is 28.5 Å². The van der Waals surface area contributed by atoms with Crippen LogP contribution in [0.15, 0.2) is 0 Å². The van der Waals surface area contributed by atoms with Gasteiger partial charge in [0.1, 0.15) is 6.10 Å². The first-order chi connectivity index (χ1) is 16.3. The van der Waals surface area contributed by atoms with Gasteiger partial charge in [-0.3, -0.25) is 9.59 Å². The number of hydrogen-bond donors (Lipinski definition) is 1. The molecular formula is C27H41BrO7. The zero-order valence-electron chi connectivity index (χ0n) is 21.7. The fourth-order valence-corrected chi connectivity index (χ4v) is 10.6. The van der Waals surface area contributed by atoms with Crippen molar-refractivity contribution in [3.8, 4) is 0 Å². The minimum Gasteiger partial charge on any atom is -0.463 e. The summed E-state index contributed by atoms with van der Waals surface area (Å²) in [5.74, 6) is -0.495. The summed E-state index contributed by atoms with van der Waals surface area (Å²) in [5, 5.41) is 11.6. The Hall–Kier alpha value is -0.700. The molecule has 35 heavy (non-hydrogen) atoms. The fraction of sp³-hybridized carbons (Fsp3) is 0.926. The Morgan fingerprint density at radius 3 is 2.14 bits per heavy atom. The number of hydrogen-bond acceptors (Lipinski definition) is 7. The maximum absolute atomic E-state index is 12.4. The zero-order chi connectivity index (χ0) is 25.4. The van der Waals surface area contributed by atoms with Gasteiger partial charge in [-0.25, -0.2) is 0 Å². The first kappa shape index (κ1) is 25.9. The molecule has 5 fully saturated rings. The predicted octanol–water partition coefficient (Wildman–Crippen LogP) is 4.51. The van der Waals surface area contributed by atoms with E-state index in [0.717, 1.165) is 32.1 Å². The second kappa shape index (κ2) is 8.40. The maximum atomic E-state index is 12.4. The lowest BCUT2D eigenvalue weighted by Gasteiger charge is -2.66. The quantitative estimate of drug-likeness (QED) is 0.403. The second-order valence-corrected chi connectivity index (χ2v) is 13.9. The summed E-state index contributed by atoms with van der Waals surface area (Å²) in [5.41, 5.74) is -1.28. The molecule has 0 radical (unpaired) electrons. The predicted molar refractivity (Wildman–Crippen MR) is 132 cm³/mol. The van der Waals surface area contributed by atoms with Crippen LogP contribution in [0.1, 0.15) is 86.0 Å². The van der Waals surface area contributed by atoms with Crippen LogP contribution in [0.4, 0.5) is 0 Å². The monoisotopic (exact) mass is 556 g/mol. The normalized spacial score (nSPS) is 50.5. The van der Waals surface area contributed by atoms with Crippen molar-refractivity contribution >= 4 is 27.9 Å². The van der Waals surface area contributed by atoms with Crippen molar-refractivity contribution in [3.63, 3.8) is 0 Å². The summed E-state index contributed by atoms with van der Waals surface area (Å²) in [7, 11) is 0. The van der Waals surface area contributed by atoms with Gasteiger partial charge in [0.2, 0.25) is 5.79 Å². The molecule has 1 heterocycles. The zero-order valence-corrected chi connectivity index (χ0v) is 23.3. The Morgan fingerprint density at radius 1 is 0.914 bits per heavy atom. The summed E-state index contributed by atoms with van der Waals surface area (Å²) >= 11 is 4.04. The van der Waals surface area contributed by atoms with Crippen LogP contribution in [0.2, 0.25) is 0 Å². The molecule has 5 rings (SSSR count). The van der Waals surface area contributed by atoms with Crippen LogP contribution < -0.4 is 0 Å². The Balaban J connectivity index is 1.49. The Morgan fingerprint density at radius 2 is 1.51 bits per heavy atom. The van der Waals surface area contributed by atoms with Gasteiger partial charge in [-0.1, -0.05) is 29.8 Å². The van der Waals surface area contributed by atoms with E-state index in [2.05, 4.69) is 29.8 Å². The second-order valence-electron chi connectivity index (χ2n) is 12.4. The van der Waals surface area contributed by atoms with Crippen molar-refractivity contribution in [2.75, 3.05) is 13.2 Å². The number of alkyl halides is 1. The van der Waals surface area contributed by atoms with Gasteiger partial charge in [0.05, 0.1) is 23.6 Å². The molecule has 8 heteroatoms. The van der Waals surface area contributed by atoms with E-state index in [4.69, 9.17) is 18.9 Å². The summed E-state index contributed by atoms with van der Waals surface area (Å²) in [4.78, 5) is 24.1. The van der Waals surface area contributed by atoms with Gasteiger partial charge in [-0.05, 0) is 75.0 Å². The van der Waals surface area contributed by atoms with E-state index in [1.54, 1.807) is 0 Å². The van der Waals surface area contributed by atoms with E-state index in [1.165, 1.54) is 13.8 Å². The molecule has 0 spiro atoms. The third-order valence-electron chi connectivity index (χ3n) is 11.1. The highest BCUT2D eigenvalue weighted by Crippen LogP contribution is 2.72. The van der Waals surface area contributed by atoms with Crippen molar-refractivity contribution in [3.05, 3.63) is 0 Å². The number of aliphatic hydroxyl groups is 1. The number of carbonyl (C=O) groups is 2. The van der Waals surface area contributed by atoms with E-state index >= 15 is 0 Å². The Bertz CT molecular complexity index is 889. The number of rotatable bonds is 3. The molecule has 2 unspecified atom stereocenters. The summed E-state index contributed by atoms with van der Waals surface area (Å²) in [6.45, 7) is 10.5. The lowest BCUT2D eigenvalue weighted by atomic mass is 9.43. The Labute approximate surface area is 217 Å². The van der Waals surface area contributed by atoms with Crippen LogP contribution in [0.3, 0.4) is 0 Å². The van der Waals surface area contributed by atoms with Gasteiger partial charge >= 0.3 is 11.9 Å². The summed E-state index contributed by atoms with van der Waals surface area (Å²) in [6.07, 6.45) is 5.85. The molecule has 0 bridgehead atoms. The molecule has 0 amide bonds. The molecule has 1 saturated heterocycles. The maximum Gasteiger partial charge on any atom is 0.303 e. The molecule has 198 valence electrons. The Kier molecular flexibility index (Phi) is 6.23. The number of carbonyl (C=O) groups excluding carboxylic acids is 2. The van der Waals surface area contributed by atoms with Crippen molar-refractivity contribution in [2.45, 2.75) is 114 Å². The van der Waals surface area contributed by atoms with E-state index in [0.29, 0.717) is 50.2 Å². The molecule has 7 nitrogen and oxygen atoms in total. The molecule has 0 aromatic heterocycles. The molecule has 4 aliphatic carbocycles. The number of aliphatic hydroxyl groups excluding tert-OH is 1. The van der Waals surface area contributed by atoms with Gasteiger partial charge in [-0.15, -0.1) is 0 Å². The largest absolute Gasteiger partial charge is 0.463 e. The summed E-state index contributed by atoms with van der Waals surface area (Å²) in [6, 6.07) is 0. The highest BCUT2D eigenvalue weighted by atomic mass is 79.9. The number of fused-ring (bicyclic) bond motifs is 5. The van der Waals surface area contributed by atoms with Gasteiger partial charge < -0.3 is 24.1 Å². The van der Waals surface area contributed by atoms with Crippen molar-refractivity contribution < 1.29 is 33.6 Å². The average molecular weight is 558 g/mol. The molecule has 1 aliphatic heterocycles. The molecule has 5 aliphatic rings. The molecule has 0 aromatic rings. The topological polar surface area (TPSA) is 91.3 Å². The van der Waals surface area contributed by atoms with Crippen LogP contribution in [0.5, 0.6) is 0 Å². The first-order valence-corrected chi connectivity index (χ1v) is 14.1. The van der Waals surface area contributed by atoms with Crippen molar-refractivity contribution in [1.29, 1.82) is 0 Å². The molecule has 9 atom stereocenters. The first-order valence-electron chi connectivity index (χ1n) is 13.3. The molecule has 0 aromatic carbocycles. The number of ether oxygens (including phenoxy) is 4. The standard InChI is InChI=1S/C27H41BrO7/c1-16(29)34-18-6-9-23(3)20-7-10-24(4)21(19(20)14-22(31)26(23,28)15-18)8-11-27(24,35-17(2)30)25(5)32-12-13-33-25/h18-22,31H,6-15H2,1-5H3/t18?,19-,20+,21+,22?,23-,24+,26+,27-/m1/s1. The SMILES string of the molecule is CC(=O)OC1CC[C@]2(C)[C@H]3CC[C@@]4(C)[C@@H](CC[C@]4(OC(C)=O)C4(C)OCCO4)[C@@H]3CC(O)[C@@]2(Br)C1. The molecule has 1 N–H and O–H groups in total. The van der Waals surface area contributed by atoms with Crippen LogP contribution in [0.25, 0.3) is 0 Å². The number of halogens is 1. The summed E-state index contributed by atoms with van der Waals surface area (Å²) < 4.78 is 23.7. The van der Waals surface area contributed by atoms with Crippen LogP contribution in [-0.4, -0.2) is 58.2 Å². The third kappa shape index (κ3) is 3.45. The highest BCUT2D eigenvalue weighted by Gasteiger charge is 2.75. The van der Waals surface area contributed by atoms with Crippen molar-refractivity contribution in [2.24, 2.45) is 28.6 Å². The van der Waals surface area contributed by atoms with Gasteiger partial charge in [-0.2, -0.15) is 0 Å². The average Bonchev–Trinajstić information content (AvgIpc) is 3.33. The van der Waals surface area contributed by atoms with E-state index in [-0.39, 0.29) is 28.9 Å². The van der Waals surface area contributed by atoms with Crippen molar-refractivity contribution in [1.82, 2.24) is 0 Å².